The summed E-state index contributed by atoms with van der Waals surface area (Å²) in [5.41, 5.74) is 1.86. The molecule has 1 heterocycles. The predicted octanol–water partition coefficient (Wildman–Crippen LogP) is 2.89. The van der Waals surface area contributed by atoms with Crippen LogP contribution in [0.5, 0.6) is 5.75 Å². The molecule has 1 aromatic carbocycles. The first-order valence-corrected chi connectivity index (χ1v) is 6.99. The van der Waals surface area contributed by atoms with Gasteiger partial charge >= 0.3 is 0 Å². The van der Waals surface area contributed by atoms with Gasteiger partial charge in [-0.15, -0.1) is 0 Å². The molecular weight excluding hydrogens is 240 g/mol. The monoisotopic (exact) mass is 262 g/mol. The lowest BCUT2D eigenvalue weighted by Crippen LogP contribution is -2.30. The molecule has 1 N–H and O–H groups in total. The first-order valence-electron chi connectivity index (χ1n) is 6.99. The zero-order valence-corrected chi connectivity index (χ0v) is 11.9. The van der Waals surface area contributed by atoms with Crippen molar-refractivity contribution in [3.63, 3.8) is 0 Å². The van der Waals surface area contributed by atoms with Crippen LogP contribution >= 0.6 is 0 Å². The van der Waals surface area contributed by atoms with Crippen molar-refractivity contribution in [2.75, 3.05) is 29.9 Å². The number of carbonyl (C=O) groups excluding carboxylic acids is 1. The number of rotatable bonds is 4. The van der Waals surface area contributed by atoms with Crippen molar-refractivity contribution in [3.8, 4) is 5.75 Å². The van der Waals surface area contributed by atoms with Gasteiger partial charge in [0, 0.05) is 13.1 Å². The van der Waals surface area contributed by atoms with Crippen LogP contribution < -0.4 is 15.0 Å². The highest BCUT2D eigenvalue weighted by molar-refractivity contribution is 5.99. The van der Waals surface area contributed by atoms with Crippen LogP contribution in [0.25, 0.3) is 0 Å². The molecule has 4 nitrogen and oxygen atoms in total. The Morgan fingerprint density at radius 1 is 1.42 bits per heavy atom. The van der Waals surface area contributed by atoms with Gasteiger partial charge in [-0.2, -0.15) is 0 Å². The molecule has 104 valence electrons. The number of fused-ring (bicyclic) bond motifs is 1. The third-order valence-corrected chi connectivity index (χ3v) is 3.38. The molecular formula is C15H22N2O2. The summed E-state index contributed by atoms with van der Waals surface area (Å²) in [7, 11) is 0. The zero-order valence-electron chi connectivity index (χ0n) is 11.9. The van der Waals surface area contributed by atoms with Crippen LogP contribution in [0.1, 0.15) is 27.2 Å². The largest absolute Gasteiger partial charge is 0.491 e. The maximum Gasteiger partial charge on any atom is 0.229 e. The normalized spacial score (nSPS) is 18.6. The van der Waals surface area contributed by atoms with Gasteiger partial charge in [0.2, 0.25) is 5.91 Å². The minimum Gasteiger partial charge on any atom is -0.491 e. The molecule has 4 heteroatoms. The van der Waals surface area contributed by atoms with Crippen LogP contribution in [0, 0.1) is 5.92 Å². The van der Waals surface area contributed by atoms with Crippen LogP contribution in [-0.2, 0) is 4.79 Å². The SMILES string of the molecule is CCCOc1cccc2c1NC(=O)C(C)CN2CC. The van der Waals surface area contributed by atoms with Gasteiger partial charge in [-0.25, -0.2) is 0 Å². The maximum atomic E-state index is 12.1. The number of hydrogen-bond acceptors (Lipinski definition) is 3. The van der Waals surface area contributed by atoms with Crippen molar-refractivity contribution in [2.45, 2.75) is 27.2 Å². The van der Waals surface area contributed by atoms with Gasteiger partial charge in [0.1, 0.15) is 11.4 Å². The predicted molar refractivity (Wildman–Crippen MR) is 77.9 cm³/mol. The summed E-state index contributed by atoms with van der Waals surface area (Å²) in [5.74, 6) is 0.802. The molecule has 19 heavy (non-hydrogen) atoms. The molecule has 0 saturated carbocycles. The van der Waals surface area contributed by atoms with Crippen molar-refractivity contribution >= 4 is 17.3 Å². The highest BCUT2D eigenvalue weighted by atomic mass is 16.5. The van der Waals surface area contributed by atoms with Gasteiger partial charge in [0.05, 0.1) is 18.2 Å². The lowest BCUT2D eigenvalue weighted by atomic mass is 10.1. The summed E-state index contributed by atoms with van der Waals surface area (Å²) < 4.78 is 5.74. The molecule has 0 fully saturated rings. The maximum absolute atomic E-state index is 12.1. The van der Waals surface area contributed by atoms with Crippen LogP contribution in [0.15, 0.2) is 18.2 Å². The topological polar surface area (TPSA) is 41.6 Å². The second-order valence-corrected chi connectivity index (χ2v) is 4.93. The van der Waals surface area contributed by atoms with Crippen molar-refractivity contribution in [1.29, 1.82) is 0 Å². The van der Waals surface area contributed by atoms with Gasteiger partial charge in [-0.05, 0) is 25.5 Å². The van der Waals surface area contributed by atoms with Gasteiger partial charge in [0.25, 0.3) is 0 Å². The molecule has 1 aliphatic rings. The fourth-order valence-electron chi connectivity index (χ4n) is 2.30. The summed E-state index contributed by atoms with van der Waals surface area (Å²) in [5, 5.41) is 3.01. The summed E-state index contributed by atoms with van der Waals surface area (Å²) in [6.45, 7) is 8.41. The van der Waals surface area contributed by atoms with E-state index in [-0.39, 0.29) is 11.8 Å². The number of nitrogens with zero attached hydrogens (tertiary/aromatic N) is 1. The summed E-state index contributed by atoms with van der Waals surface area (Å²) in [6.07, 6.45) is 0.950. The Labute approximate surface area is 114 Å². The standard InChI is InChI=1S/C15H22N2O2/c1-4-9-19-13-8-6-7-12-14(13)16-15(18)11(3)10-17(12)5-2/h6-8,11H,4-5,9-10H2,1-3H3,(H,16,18). The van der Waals surface area contributed by atoms with Gasteiger partial charge in [0.15, 0.2) is 0 Å². The van der Waals surface area contributed by atoms with Gasteiger partial charge in [-0.1, -0.05) is 19.9 Å². The molecule has 0 aromatic heterocycles. The van der Waals surface area contributed by atoms with Gasteiger partial charge < -0.3 is 15.0 Å². The van der Waals surface area contributed by atoms with E-state index in [0.717, 1.165) is 36.6 Å². The molecule has 1 amide bonds. The Kier molecular flexibility index (Phi) is 4.30. The molecule has 1 unspecified atom stereocenters. The summed E-state index contributed by atoms with van der Waals surface area (Å²) >= 11 is 0. The van der Waals surface area contributed by atoms with Gasteiger partial charge in [-0.3, -0.25) is 4.79 Å². The number of para-hydroxylation sites is 1. The Balaban J connectivity index is 2.40. The van der Waals surface area contributed by atoms with E-state index in [1.807, 2.05) is 25.1 Å². The Hall–Kier alpha value is -1.71. The van der Waals surface area contributed by atoms with E-state index in [4.69, 9.17) is 4.74 Å². The fourth-order valence-corrected chi connectivity index (χ4v) is 2.30. The fraction of sp³-hybridized carbons (Fsp3) is 0.533. The first kappa shape index (κ1) is 13.7. The second kappa shape index (κ2) is 5.95. The van der Waals surface area contributed by atoms with E-state index in [0.29, 0.717) is 6.61 Å². The smallest absolute Gasteiger partial charge is 0.229 e. The minimum absolute atomic E-state index is 0.0219. The molecule has 1 atom stereocenters. The number of benzene rings is 1. The van der Waals surface area contributed by atoms with E-state index in [9.17, 15) is 4.79 Å². The second-order valence-electron chi connectivity index (χ2n) is 4.93. The van der Waals surface area contributed by atoms with E-state index >= 15 is 0 Å². The van der Waals surface area contributed by atoms with E-state index < -0.39 is 0 Å². The molecule has 1 aliphatic heterocycles. The average Bonchev–Trinajstić information content (AvgIpc) is 2.54. The van der Waals surface area contributed by atoms with Crippen molar-refractivity contribution in [3.05, 3.63) is 18.2 Å². The van der Waals surface area contributed by atoms with Crippen LogP contribution in [0.4, 0.5) is 11.4 Å². The van der Waals surface area contributed by atoms with Crippen LogP contribution in [0.3, 0.4) is 0 Å². The highest BCUT2D eigenvalue weighted by Crippen LogP contribution is 2.37. The van der Waals surface area contributed by atoms with Crippen LogP contribution in [-0.4, -0.2) is 25.6 Å². The molecule has 1 aromatic rings. The number of nitrogens with one attached hydrogen (secondary N) is 1. The lowest BCUT2D eigenvalue weighted by Gasteiger charge is -2.24. The Morgan fingerprint density at radius 3 is 2.89 bits per heavy atom. The Bertz CT molecular complexity index is 459. The third kappa shape index (κ3) is 2.83. The number of ether oxygens (including phenoxy) is 1. The van der Waals surface area contributed by atoms with E-state index in [2.05, 4.69) is 24.1 Å². The van der Waals surface area contributed by atoms with Crippen molar-refractivity contribution in [1.82, 2.24) is 0 Å². The molecule has 0 spiro atoms. The molecule has 2 rings (SSSR count). The summed E-state index contributed by atoms with van der Waals surface area (Å²) in [4.78, 5) is 14.3. The first-order chi connectivity index (χ1) is 9.17. The number of anilines is 2. The van der Waals surface area contributed by atoms with Crippen LogP contribution in [0.2, 0.25) is 0 Å². The highest BCUT2D eigenvalue weighted by Gasteiger charge is 2.26. The molecule has 0 saturated heterocycles. The molecule has 0 radical (unpaired) electrons. The number of hydrogen-bond donors (Lipinski definition) is 1. The Morgan fingerprint density at radius 2 is 2.21 bits per heavy atom. The number of amides is 1. The number of carbonyl (C=O) groups is 1. The zero-order chi connectivity index (χ0) is 13.8. The molecule has 0 bridgehead atoms. The van der Waals surface area contributed by atoms with Crippen molar-refractivity contribution in [2.24, 2.45) is 5.92 Å². The lowest BCUT2D eigenvalue weighted by molar-refractivity contribution is -0.119. The average molecular weight is 262 g/mol. The van der Waals surface area contributed by atoms with E-state index in [1.54, 1.807) is 0 Å². The quantitative estimate of drug-likeness (QED) is 0.907. The van der Waals surface area contributed by atoms with Crippen molar-refractivity contribution < 1.29 is 9.53 Å². The van der Waals surface area contributed by atoms with E-state index in [1.165, 1.54) is 0 Å². The molecule has 0 aliphatic carbocycles. The summed E-state index contributed by atoms with van der Waals surface area (Å²) in [6, 6.07) is 5.93. The third-order valence-electron chi connectivity index (χ3n) is 3.38. The minimum atomic E-state index is -0.0219.